The van der Waals surface area contributed by atoms with Gasteiger partial charge in [-0.15, -0.1) is 0 Å². The molecule has 17 heteroatoms. The molecule has 2 rings (SSSR count). The first-order chi connectivity index (χ1) is 14.4. The van der Waals surface area contributed by atoms with Gasteiger partial charge in [-0.3, -0.25) is 4.79 Å². The van der Waals surface area contributed by atoms with E-state index < -0.39 is 50.5 Å². The second kappa shape index (κ2) is 8.10. The fourth-order valence-corrected chi connectivity index (χ4v) is 2.93. The van der Waals surface area contributed by atoms with Gasteiger partial charge >= 0.3 is 29.9 Å². The van der Waals surface area contributed by atoms with E-state index in [0.29, 0.717) is 24.3 Å². The van der Waals surface area contributed by atoms with Gasteiger partial charge in [0.1, 0.15) is 0 Å². The molecule has 0 spiro atoms. The molecule has 1 aromatic heterocycles. The van der Waals surface area contributed by atoms with E-state index in [-0.39, 0.29) is 5.95 Å². The van der Waals surface area contributed by atoms with Crippen LogP contribution >= 0.6 is 0 Å². The maximum absolute atomic E-state index is 13.6. The minimum atomic E-state index is -7.23. The molecule has 2 N–H and O–H groups in total. The van der Waals surface area contributed by atoms with E-state index in [2.05, 4.69) is 9.97 Å². The summed E-state index contributed by atoms with van der Waals surface area (Å²) in [7, 11) is -4.33. The number of hydrogen-bond donors (Lipinski definition) is 2. The van der Waals surface area contributed by atoms with Crippen LogP contribution in [0.25, 0.3) is 0 Å². The van der Waals surface area contributed by atoms with Gasteiger partial charge in [0.2, 0.25) is 5.95 Å². The van der Waals surface area contributed by atoms with Crippen molar-refractivity contribution in [3.63, 3.8) is 0 Å². The Morgan fingerprint density at radius 1 is 0.812 bits per heavy atom. The number of carbonyl (C=O) groups excluding carboxylic acids is 1. The lowest BCUT2D eigenvalue weighted by Crippen LogP contribution is -2.64. The number of rotatable bonds is 7. The van der Waals surface area contributed by atoms with E-state index in [0.717, 1.165) is 5.32 Å². The summed E-state index contributed by atoms with van der Waals surface area (Å²) >= 11 is 0. The summed E-state index contributed by atoms with van der Waals surface area (Å²) in [6, 6.07) is 3.92. The fraction of sp³-hybridized carbons (Fsp3) is 0.267. The summed E-state index contributed by atoms with van der Waals surface area (Å²) < 4.78 is 142. The zero-order chi connectivity index (χ0) is 24.6. The first-order valence-corrected chi connectivity index (χ1v) is 9.33. The van der Waals surface area contributed by atoms with Crippen molar-refractivity contribution in [2.45, 2.75) is 28.8 Å². The number of sulfonamides is 1. The maximum Gasteiger partial charge on any atom is 0.460 e. The summed E-state index contributed by atoms with van der Waals surface area (Å²) in [5, 5.41) is 1.03. The number of nitrogens with zero attached hydrogens (tertiary/aromatic N) is 2. The maximum atomic E-state index is 13.6. The second-order valence-corrected chi connectivity index (χ2v) is 7.56. The lowest BCUT2D eigenvalue weighted by Gasteiger charge is -2.32. The predicted octanol–water partition coefficient (Wildman–Crippen LogP) is 3.68. The van der Waals surface area contributed by atoms with Gasteiger partial charge in [0.15, 0.2) is 0 Å². The number of nitrogens with one attached hydrogen (secondary N) is 2. The highest BCUT2D eigenvalue weighted by molar-refractivity contribution is 7.92. The Balaban J connectivity index is 2.22. The van der Waals surface area contributed by atoms with Gasteiger partial charge in [-0.1, -0.05) is 0 Å². The van der Waals surface area contributed by atoms with E-state index in [1.54, 1.807) is 0 Å². The minimum Gasteiger partial charge on any atom is -0.321 e. The normalized spacial score (nSPS) is 13.5. The number of benzene rings is 1. The van der Waals surface area contributed by atoms with Crippen molar-refractivity contribution in [3.8, 4) is 0 Å². The van der Waals surface area contributed by atoms with Crippen LogP contribution in [0.5, 0.6) is 0 Å². The predicted molar refractivity (Wildman–Crippen MR) is 88.8 cm³/mol. The third-order valence-electron chi connectivity index (χ3n) is 3.64. The summed E-state index contributed by atoms with van der Waals surface area (Å²) in [5.74, 6) is -24.4. The van der Waals surface area contributed by atoms with Crippen molar-refractivity contribution in [2.24, 2.45) is 0 Å². The van der Waals surface area contributed by atoms with Crippen LogP contribution in [0.2, 0.25) is 0 Å². The molecule has 0 aliphatic heterocycles. The molecule has 0 aliphatic carbocycles. The van der Waals surface area contributed by atoms with Crippen molar-refractivity contribution in [1.29, 1.82) is 0 Å². The van der Waals surface area contributed by atoms with Gasteiger partial charge in [0, 0.05) is 18.1 Å². The molecule has 0 unspecified atom stereocenters. The average Bonchev–Trinajstić information content (AvgIpc) is 2.67. The Hall–Kier alpha value is -3.11. The van der Waals surface area contributed by atoms with E-state index in [1.807, 2.05) is 4.72 Å². The van der Waals surface area contributed by atoms with Crippen molar-refractivity contribution in [1.82, 2.24) is 9.97 Å². The molecule has 176 valence electrons. The molecule has 1 aromatic carbocycles. The molecular formula is C15H9F9N4O3S. The lowest BCUT2D eigenvalue weighted by molar-refractivity contribution is -0.388. The molecule has 2 aromatic rings. The Morgan fingerprint density at radius 2 is 1.31 bits per heavy atom. The van der Waals surface area contributed by atoms with E-state index in [4.69, 9.17) is 0 Å². The Kier molecular flexibility index (Phi) is 6.37. The van der Waals surface area contributed by atoms with Crippen LogP contribution < -0.4 is 10.0 Å². The van der Waals surface area contributed by atoms with E-state index in [1.165, 1.54) is 18.5 Å². The first kappa shape index (κ1) is 25.2. The summed E-state index contributed by atoms with van der Waals surface area (Å²) in [6.45, 7) is 0. The number of halogens is 9. The highest BCUT2D eigenvalue weighted by Crippen LogP contribution is 2.53. The largest absolute Gasteiger partial charge is 0.460 e. The number of amides is 1. The van der Waals surface area contributed by atoms with Gasteiger partial charge < -0.3 is 5.32 Å². The molecule has 0 aliphatic rings. The Morgan fingerprint density at radius 3 is 1.78 bits per heavy atom. The van der Waals surface area contributed by atoms with Gasteiger partial charge in [-0.2, -0.15) is 39.5 Å². The third-order valence-corrected chi connectivity index (χ3v) is 4.99. The number of hydrogen-bond acceptors (Lipinski definition) is 5. The van der Waals surface area contributed by atoms with Crippen LogP contribution in [0.3, 0.4) is 0 Å². The van der Waals surface area contributed by atoms with Crippen LogP contribution in [0, 0.1) is 0 Å². The molecule has 0 fully saturated rings. The Bertz CT molecular complexity index is 1080. The van der Waals surface area contributed by atoms with Gasteiger partial charge in [0.25, 0.3) is 10.0 Å². The van der Waals surface area contributed by atoms with Crippen molar-refractivity contribution < 1.29 is 52.7 Å². The smallest absolute Gasteiger partial charge is 0.321 e. The molecule has 7 nitrogen and oxygen atoms in total. The van der Waals surface area contributed by atoms with Crippen LogP contribution in [0.4, 0.5) is 51.1 Å². The van der Waals surface area contributed by atoms with Gasteiger partial charge in [0.05, 0.1) is 4.90 Å². The number of carbonyl (C=O) groups is 1. The number of aromatic nitrogens is 2. The number of anilines is 2. The molecule has 1 heterocycles. The molecule has 0 bridgehead atoms. The minimum absolute atomic E-state index is 0.350. The topological polar surface area (TPSA) is 101 Å². The first-order valence-electron chi connectivity index (χ1n) is 7.85. The van der Waals surface area contributed by atoms with Crippen LogP contribution in [-0.4, -0.2) is 48.2 Å². The van der Waals surface area contributed by atoms with Gasteiger partial charge in [-0.25, -0.2) is 23.1 Å². The third kappa shape index (κ3) is 4.56. The highest BCUT2D eigenvalue weighted by Gasteiger charge is 2.83. The second-order valence-electron chi connectivity index (χ2n) is 5.88. The molecule has 0 saturated carbocycles. The highest BCUT2D eigenvalue weighted by atomic mass is 32.2. The average molecular weight is 496 g/mol. The summed E-state index contributed by atoms with van der Waals surface area (Å²) in [4.78, 5) is 18.0. The van der Waals surface area contributed by atoms with Crippen molar-refractivity contribution in [3.05, 3.63) is 42.7 Å². The van der Waals surface area contributed by atoms with Gasteiger partial charge in [-0.05, 0) is 30.3 Å². The molecule has 32 heavy (non-hydrogen) atoms. The Labute approximate surface area is 172 Å². The molecule has 0 radical (unpaired) electrons. The number of alkyl halides is 9. The van der Waals surface area contributed by atoms with Crippen molar-refractivity contribution in [2.75, 3.05) is 10.0 Å². The summed E-state index contributed by atoms with van der Waals surface area (Å²) in [5.41, 5.74) is -0.810. The molecule has 1 amide bonds. The quantitative estimate of drug-likeness (QED) is 0.570. The van der Waals surface area contributed by atoms with Crippen LogP contribution in [-0.2, 0) is 14.8 Å². The summed E-state index contributed by atoms with van der Waals surface area (Å²) in [6.07, 6.45) is -4.69. The zero-order valence-corrected chi connectivity index (χ0v) is 15.8. The fourth-order valence-electron chi connectivity index (χ4n) is 1.98. The lowest BCUT2D eigenvalue weighted by atomic mass is 10.0. The zero-order valence-electron chi connectivity index (χ0n) is 15.0. The van der Waals surface area contributed by atoms with Crippen molar-refractivity contribution >= 4 is 27.6 Å². The monoisotopic (exact) mass is 496 g/mol. The van der Waals surface area contributed by atoms with E-state index >= 15 is 0 Å². The van der Waals surface area contributed by atoms with E-state index in [9.17, 15) is 52.7 Å². The van der Waals surface area contributed by atoms with Crippen LogP contribution in [0.15, 0.2) is 47.6 Å². The molecular weight excluding hydrogens is 487 g/mol. The van der Waals surface area contributed by atoms with Crippen LogP contribution in [0.1, 0.15) is 0 Å². The molecule has 0 saturated heterocycles. The standard InChI is InChI=1S/C15H9F9N4O3S/c16-12(17,13(18,19)14(20,21)15(22,23)24)10(29)27-8-2-4-9(5-3-8)32(30,31)28-11-25-6-1-7-26-11/h1-7H,(H,27,29)(H,25,26,28). The molecule has 0 atom stereocenters. The SMILES string of the molecule is O=C(Nc1ccc(S(=O)(=O)Nc2ncccn2)cc1)C(F)(F)C(F)(F)C(F)(F)C(F)(F)F.